The Labute approximate surface area is 115 Å². The number of likely N-dealkylation sites (N-methyl/N-ethyl adjacent to an activating group) is 1. The maximum absolute atomic E-state index is 12.2. The smallest absolute Gasteiger partial charge is 0.272 e. The third-order valence-corrected chi connectivity index (χ3v) is 2.80. The number of rotatable bonds is 8. The summed E-state index contributed by atoms with van der Waals surface area (Å²) in [6, 6.07) is 3.65. The average Bonchev–Trinajstić information content (AvgIpc) is 2.46. The third kappa shape index (κ3) is 4.87. The predicted molar refractivity (Wildman–Crippen MR) is 76.5 cm³/mol. The first kappa shape index (κ1) is 15.4. The van der Waals surface area contributed by atoms with Crippen LogP contribution in [0.25, 0.3) is 0 Å². The number of aromatic nitrogens is 1. The van der Waals surface area contributed by atoms with Gasteiger partial charge >= 0.3 is 0 Å². The summed E-state index contributed by atoms with van der Waals surface area (Å²) >= 11 is 0. The van der Waals surface area contributed by atoms with Crippen LogP contribution in [0, 0.1) is 0 Å². The number of anilines is 1. The molecule has 0 aliphatic heterocycles. The van der Waals surface area contributed by atoms with Gasteiger partial charge in [-0.3, -0.25) is 4.79 Å². The first-order chi connectivity index (χ1) is 9.22. The van der Waals surface area contributed by atoms with E-state index in [4.69, 9.17) is 4.74 Å². The second-order valence-corrected chi connectivity index (χ2v) is 4.24. The fourth-order valence-corrected chi connectivity index (χ4v) is 1.66. The summed E-state index contributed by atoms with van der Waals surface area (Å²) in [7, 11) is 1.63. The second kappa shape index (κ2) is 8.48. The maximum Gasteiger partial charge on any atom is 0.272 e. The summed E-state index contributed by atoms with van der Waals surface area (Å²) < 4.78 is 5.00. The van der Waals surface area contributed by atoms with Crippen LogP contribution >= 0.6 is 0 Å². The Kier molecular flexibility index (Phi) is 6.89. The first-order valence-corrected chi connectivity index (χ1v) is 6.71. The minimum atomic E-state index is -0.0541. The lowest BCUT2D eigenvalue weighted by molar-refractivity contribution is 0.0701. The molecular weight excluding hydrogens is 242 g/mol. The van der Waals surface area contributed by atoms with Crippen LogP contribution in [-0.2, 0) is 4.74 Å². The van der Waals surface area contributed by atoms with Crippen LogP contribution in [0.5, 0.6) is 0 Å². The van der Waals surface area contributed by atoms with E-state index in [1.165, 1.54) is 0 Å². The van der Waals surface area contributed by atoms with Gasteiger partial charge in [0.05, 0.1) is 18.5 Å². The molecule has 0 aromatic carbocycles. The van der Waals surface area contributed by atoms with Crippen molar-refractivity contribution >= 4 is 11.6 Å². The first-order valence-electron chi connectivity index (χ1n) is 6.71. The molecule has 1 N–H and O–H groups in total. The normalized spacial score (nSPS) is 10.3. The summed E-state index contributed by atoms with van der Waals surface area (Å²) in [4.78, 5) is 18.1. The fourth-order valence-electron chi connectivity index (χ4n) is 1.66. The lowest BCUT2D eigenvalue weighted by atomic mass is 10.3. The number of pyridine rings is 1. The van der Waals surface area contributed by atoms with Crippen molar-refractivity contribution in [1.29, 1.82) is 0 Å². The van der Waals surface area contributed by atoms with E-state index in [0.717, 1.165) is 18.7 Å². The predicted octanol–water partition coefficient (Wildman–Crippen LogP) is 2.01. The number of nitrogens with zero attached hydrogens (tertiary/aromatic N) is 2. The number of methoxy groups -OCH3 is 1. The highest BCUT2D eigenvalue weighted by Crippen LogP contribution is 2.08. The summed E-state index contributed by atoms with van der Waals surface area (Å²) in [5.74, 6) is -0.0541. The van der Waals surface area contributed by atoms with Gasteiger partial charge in [0, 0.05) is 26.7 Å². The molecule has 5 nitrogen and oxygen atoms in total. The number of carbonyl (C=O) groups is 1. The van der Waals surface area contributed by atoms with Crippen LogP contribution in [0.4, 0.5) is 5.69 Å². The molecule has 0 bridgehead atoms. The number of amides is 1. The monoisotopic (exact) mass is 265 g/mol. The van der Waals surface area contributed by atoms with Crippen molar-refractivity contribution in [3.05, 3.63) is 24.0 Å². The minimum Gasteiger partial charge on any atom is -0.384 e. The molecule has 0 atom stereocenters. The molecule has 106 valence electrons. The molecule has 0 spiro atoms. The highest BCUT2D eigenvalue weighted by Gasteiger charge is 2.14. The van der Waals surface area contributed by atoms with E-state index >= 15 is 0 Å². The largest absolute Gasteiger partial charge is 0.384 e. The minimum absolute atomic E-state index is 0.0541. The van der Waals surface area contributed by atoms with Gasteiger partial charge in [-0.25, -0.2) is 4.98 Å². The van der Waals surface area contributed by atoms with Gasteiger partial charge in [-0.1, -0.05) is 6.92 Å². The summed E-state index contributed by atoms with van der Waals surface area (Å²) in [6.45, 7) is 6.74. The Hall–Kier alpha value is -1.62. The number of hydrogen-bond acceptors (Lipinski definition) is 4. The molecule has 1 heterocycles. The molecule has 0 aliphatic rings. The molecule has 0 unspecified atom stereocenters. The van der Waals surface area contributed by atoms with Gasteiger partial charge < -0.3 is 15.0 Å². The Balaban J connectivity index is 2.65. The van der Waals surface area contributed by atoms with E-state index in [2.05, 4.69) is 17.2 Å². The van der Waals surface area contributed by atoms with E-state index in [0.29, 0.717) is 25.4 Å². The van der Waals surface area contributed by atoms with Gasteiger partial charge in [0.2, 0.25) is 0 Å². The van der Waals surface area contributed by atoms with Gasteiger partial charge in [0.1, 0.15) is 5.69 Å². The molecule has 0 radical (unpaired) electrons. The fraction of sp³-hybridized carbons (Fsp3) is 0.571. The van der Waals surface area contributed by atoms with Crippen molar-refractivity contribution in [3.8, 4) is 0 Å². The van der Waals surface area contributed by atoms with E-state index in [1.807, 2.05) is 13.0 Å². The van der Waals surface area contributed by atoms with Crippen molar-refractivity contribution in [3.63, 3.8) is 0 Å². The van der Waals surface area contributed by atoms with Crippen molar-refractivity contribution in [2.75, 3.05) is 38.7 Å². The summed E-state index contributed by atoms with van der Waals surface area (Å²) in [5.41, 5.74) is 1.42. The van der Waals surface area contributed by atoms with Crippen molar-refractivity contribution in [2.45, 2.75) is 20.3 Å². The standard InChI is InChI=1S/C14H23N3O2/c1-4-8-15-12-6-7-13(16-11-12)14(18)17(5-2)9-10-19-3/h6-7,11,15H,4-5,8-10H2,1-3H3. The molecule has 1 aromatic heterocycles. The molecule has 1 aromatic rings. The van der Waals surface area contributed by atoms with E-state index < -0.39 is 0 Å². The average molecular weight is 265 g/mol. The van der Waals surface area contributed by atoms with Crippen LogP contribution in [0.2, 0.25) is 0 Å². The van der Waals surface area contributed by atoms with E-state index in [9.17, 15) is 4.79 Å². The van der Waals surface area contributed by atoms with Crippen molar-refractivity contribution in [2.24, 2.45) is 0 Å². The molecule has 0 saturated heterocycles. The Bertz CT molecular complexity index is 379. The third-order valence-electron chi connectivity index (χ3n) is 2.80. The zero-order chi connectivity index (χ0) is 14.1. The zero-order valence-corrected chi connectivity index (χ0v) is 12.0. The van der Waals surface area contributed by atoms with Crippen molar-refractivity contribution < 1.29 is 9.53 Å². The zero-order valence-electron chi connectivity index (χ0n) is 12.0. The number of hydrogen-bond donors (Lipinski definition) is 1. The van der Waals surface area contributed by atoms with Gasteiger partial charge in [-0.2, -0.15) is 0 Å². The molecule has 19 heavy (non-hydrogen) atoms. The lowest BCUT2D eigenvalue weighted by Crippen LogP contribution is -2.34. The van der Waals surface area contributed by atoms with E-state index in [1.54, 1.807) is 24.3 Å². The Morgan fingerprint density at radius 1 is 1.42 bits per heavy atom. The highest BCUT2D eigenvalue weighted by atomic mass is 16.5. The molecule has 0 saturated carbocycles. The number of nitrogens with one attached hydrogen (secondary N) is 1. The van der Waals surface area contributed by atoms with Crippen LogP contribution in [0.15, 0.2) is 18.3 Å². The molecule has 5 heteroatoms. The van der Waals surface area contributed by atoms with Gasteiger partial charge in [0.25, 0.3) is 5.91 Å². The number of carbonyl (C=O) groups excluding carboxylic acids is 1. The molecule has 1 rings (SSSR count). The lowest BCUT2D eigenvalue weighted by Gasteiger charge is -2.19. The summed E-state index contributed by atoms with van der Waals surface area (Å²) in [5, 5.41) is 3.23. The topological polar surface area (TPSA) is 54.5 Å². The quantitative estimate of drug-likeness (QED) is 0.781. The van der Waals surface area contributed by atoms with Crippen LogP contribution in [0.1, 0.15) is 30.8 Å². The van der Waals surface area contributed by atoms with Crippen molar-refractivity contribution in [1.82, 2.24) is 9.88 Å². The van der Waals surface area contributed by atoms with Gasteiger partial charge in [0.15, 0.2) is 0 Å². The SMILES string of the molecule is CCCNc1ccc(C(=O)N(CC)CCOC)nc1. The second-order valence-electron chi connectivity index (χ2n) is 4.24. The highest BCUT2D eigenvalue weighted by molar-refractivity contribution is 5.92. The molecule has 1 amide bonds. The van der Waals surface area contributed by atoms with Gasteiger partial charge in [-0.15, -0.1) is 0 Å². The Morgan fingerprint density at radius 3 is 2.74 bits per heavy atom. The van der Waals surface area contributed by atoms with Crippen LogP contribution < -0.4 is 5.32 Å². The van der Waals surface area contributed by atoms with Gasteiger partial charge in [-0.05, 0) is 25.5 Å². The molecule has 0 aliphatic carbocycles. The number of ether oxygens (including phenoxy) is 1. The van der Waals surface area contributed by atoms with Crippen LogP contribution in [-0.4, -0.2) is 49.1 Å². The maximum atomic E-state index is 12.2. The Morgan fingerprint density at radius 2 is 2.21 bits per heavy atom. The van der Waals surface area contributed by atoms with Crippen LogP contribution in [0.3, 0.4) is 0 Å². The van der Waals surface area contributed by atoms with E-state index in [-0.39, 0.29) is 5.91 Å². The molecule has 0 fully saturated rings. The summed E-state index contributed by atoms with van der Waals surface area (Å²) in [6.07, 6.45) is 2.76. The molecular formula is C14H23N3O2.